The Balaban J connectivity index is 1.82. The van der Waals surface area contributed by atoms with Crippen LogP contribution in [-0.4, -0.2) is 0 Å². The lowest BCUT2D eigenvalue weighted by atomic mass is 10.2. The van der Waals surface area contributed by atoms with Crippen LogP contribution in [0.15, 0.2) is 72.8 Å². The van der Waals surface area contributed by atoms with Gasteiger partial charge in [0.25, 0.3) is 0 Å². The molecule has 0 saturated heterocycles. The van der Waals surface area contributed by atoms with E-state index >= 15 is 0 Å². The third-order valence-corrected chi connectivity index (χ3v) is 3.08. The minimum atomic E-state index is 0.458. The molecule has 110 valence electrons. The molecule has 4 N–H and O–H groups in total. The molecule has 0 atom stereocenters. The highest BCUT2D eigenvalue weighted by Gasteiger charge is 2.07. The molecule has 0 saturated carbocycles. The van der Waals surface area contributed by atoms with Gasteiger partial charge in [0, 0.05) is 6.07 Å². The minimum absolute atomic E-state index is 0.458. The van der Waals surface area contributed by atoms with Crippen molar-refractivity contribution in [3.8, 4) is 23.0 Å². The Bertz CT molecular complexity index is 753. The van der Waals surface area contributed by atoms with Crippen LogP contribution >= 0.6 is 0 Å². The Labute approximate surface area is 128 Å². The van der Waals surface area contributed by atoms with Gasteiger partial charge in [-0.05, 0) is 36.4 Å². The zero-order valence-electron chi connectivity index (χ0n) is 11.9. The lowest BCUT2D eigenvalue weighted by molar-refractivity contribution is 0.462. The molecule has 0 heterocycles. The second-order valence-corrected chi connectivity index (χ2v) is 4.76. The van der Waals surface area contributed by atoms with Gasteiger partial charge >= 0.3 is 0 Å². The van der Waals surface area contributed by atoms with E-state index in [0.717, 1.165) is 5.75 Å². The van der Waals surface area contributed by atoms with Crippen LogP contribution in [0.1, 0.15) is 0 Å². The van der Waals surface area contributed by atoms with Crippen LogP contribution in [0, 0.1) is 0 Å². The van der Waals surface area contributed by atoms with Gasteiger partial charge in [-0.2, -0.15) is 0 Å². The summed E-state index contributed by atoms with van der Waals surface area (Å²) in [5, 5.41) is 0. The molecule has 3 rings (SSSR count). The van der Waals surface area contributed by atoms with Gasteiger partial charge in [-0.3, -0.25) is 0 Å². The van der Waals surface area contributed by atoms with E-state index in [1.54, 1.807) is 24.3 Å². The lowest BCUT2D eigenvalue weighted by Gasteiger charge is -2.12. The summed E-state index contributed by atoms with van der Waals surface area (Å²) in [5.74, 6) is 2.51. The molecule has 0 aliphatic carbocycles. The molecular weight excluding hydrogens is 276 g/mol. The molecule has 3 aromatic carbocycles. The third kappa shape index (κ3) is 3.12. The second-order valence-electron chi connectivity index (χ2n) is 4.76. The molecule has 3 aromatic rings. The first-order valence-electron chi connectivity index (χ1n) is 6.87. The van der Waals surface area contributed by atoms with E-state index in [1.165, 1.54) is 0 Å². The molecule has 4 nitrogen and oxygen atoms in total. The number of anilines is 2. The van der Waals surface area contributed by atoms with Gasteiger partial charge in [-0.25, -0.2) is 0 Å². The van der Waals surface area contributed by atoms with Crippen molar-refractivity contribution in [2.24, 2.45) is 0 Å². The third-order valence-electron chi connectivity index (χ3n) is 3.08. The summed E-state index contributed by atoms with van der Waals surface area (Å²) in [6.45, 7) is 0. The van der Waals surface area contributed by atoms with Gasteiger partial charge in [-0.15, -0.1) is 0 Å². The number of nitrogen functional groups attached to an aromatic ring is 2. The highest BCUT2D eigenvalue weighted by atomic mass is 16.5. The van der Waals surface area contributed by atoms with E-state index in [9.17, 15) is 0 Å². The predicted molar refractivity (Wildman–Crippen MR) is 88.3 cm³/mol. The van der Waals surface area contributed by atoms with E-state index in [4.69, 9.17) is 20.9 Å². The Morgan fingerprint density at radius 3 is 1.77 bits per heavy atom. The zero-order valence-corrected chi connectivity index (χ0v) is 11.9. The van der Waals surface area contributed by atoms with Crippen molar-refractivity contribution in [2.45, 2.75) is 0 Å². The van der Waals surface area contributed by atoms with Crippen molar-refractivity contribution in [3.05, 3.63) is 72.8 Å². The van der Waals surface area contributed by atoms with Gasteiger partial charge in [0.05, 0.1) is 11.4 Å². The van der Waals surface area contributed by atoms with Crippen LogP contribution in [0.3, 0.4) is 0 Å². The molecule has 0 aliphatic rings. The second kappa shape index (κ2) is 6.10. The highest BCUT2D eigenvalue weighted by Crippen LogP contribution is 2.34. The predicted octanol–water partition coefficient (Wildman–Crippen LogP) is 4.44. The number of hydrogen-bond donors (Lipinski definition) is 2. The summed E-state index contributed by atoms with van der Waals surface area (Å²) in [6.07, 6.45) is 0. The summed E-state index contributed by atoms with van der Waals surface area (Å²) in [4.78, 5) is 0. The van der Waals surface area contributed by atoms with Crippen molar-refractivity contribution in [2.75, 3.05) is 11.5 Å². The van der Waals surface area contributed by atoms with E-state index in [1.807, 2.05) is 48.5 Å². The Hall–Kier alpha value is -3.14. The van der Waals surface area contributed by atoms with Crippen molar-refractivity contribution in [3.63, 3.8) is 0 Å². The number of benzene rings is 3. The summed E-state index contributed by atoms with van der Waals surface area (Å²) in [7, 11) is 0. The van der Waals surface area contributed by atoms with E-state index in [0.29, 0.717) is 28.6 Å². The number of hydrogen-bond acceptors (Lipinski definition) is 4. The fraction of sp³-hybridized carbons (Fsp3) is 0. The van der Waals surface area contributed by atoms with Gasteiger partial charge in [0.1, 0.15) is 17.2 Å². The van der Waals surface area contributed by atoms with Crippen LogP contribution in [0.2, 0.25) is 0 Å². The van der Waals surface area contributed by atoms with Crippen LogP contribution < -0.4 is 20.9 Å². The molecule has 22 heavy (non-hydrogen) atoms. The van der Waals surface area contributed by atoms with Gasteiger partial charge < -0.3 is 20.9 Å². The number of rotatable bonds is 4. The van der Waals surface area contributed by atoms with E-state index in [-0.39, 0.29) is 0 Å². The van der Waals surface area contributed by atoms with Gasteiger partial charge in [0.15, 0.2) is 5.75 Å². The van der Waals surface area contributed by atoms with Crippen LogP contribution in [0.4, 0.5) is 11.4 Å². The first-order valence-corrected chi connectivity index (χ1v) is 6.87. The molecule has 0 aliphatic heterocycles. The standard InChI is InChI=1S/C18H16N2O2/c19-16-10-5-11-17(20)18(16)22-15-9-4-8-14(12-15)21-13-6-2-1-3-7-13/h1-12H,19-20H2. The normalized spacial score (nSPS) is 10.2. The smallest absolute Gasteiger partial charge is 0.173 e. The largest absolute Gasteiger partial charge is 0.457 e. The average molecular weight is 292 g/mol. The van der Waals surface area contributed by atoms with Crippen molar-refractivity contribution < 1.29 is 9.47 Å². The van der Waals surface area contributed by atoms with Crippen LogP contribution in [0.5, 0.6) is 23.0 Å². The van der Waals surface area contributed by atoms with Crippen molar-refractivity contribution >= 4 is 11.4 Å². The quantitative estimate of drug-likeness (QED) is 0.698. The van der Waals surface area contributed by atoms with Crippen LogP contribution in [-0.2, 0) is 0 Å². The zero-order chi connectivity index (χ0) is 15.4. The monoisotopic (exact) mass is 292 g/mol. The van der Waals surface area contributed by atoms with Gasteiger partial charge in [-0.1, -0.05) is 30.3 Å². The molecule has 0 amide bonds. The fourth-order valence-corrected chi connectivity index (χ4v) is 2.04. The SMILES string of the molecule is Nc1cccc(N)c1Oc1cccc(Oc2ccccc2)c1. The highest BCUT2D eigenvalue weighted by molar-refractivity contribution is 5.68. The van der Waals surface area contributed by atoms with Crippen molar-refractivity contribution in [1.82, 2.24) is 0 Å². The summed E-state index contributed by atoms with van der Waals surface area (Å²) in [6, 6.07) is 22.2. The summed E-state index contributed by atoms with van der Waals surface area (Å²) >= 11 is 0. The molecule has 0 radical (unpaired) electrons. The number of nitrogens with two attached hydrogens (primary N) is 2. The molecule has 4 heteroatoms. The number of para-hydroxylation sites is 2. The lowest BCUT2D eigenvalue weighted by Crippen LogP contribution is -1.97. The average Bonchev–Trinajstić information content (AvgIpc) is 2.53. The summed E-state index contributed by atoms with van der Waals surface area (Å²) < 4.78 is 11.6. The Kier molecular flexibility index (Phi) is 3.83. The maximum absolute atomic E-state index is 5.89. The first kappa shape index (κ1) is 13.8. The van der Waals surface area contributed by atoms with E-state index in [2.05, 4.69) is 0 Å². The van der Waals surface area contributed by atoms with E-state index < -0.39 is 0 Å². The molecule has 0 fully saturated rings. The topological polar surface area (TPSA) is 70.5 Å². The Morgan fingerprint density at radius 2 is 1.09 bits per heavy atom. The molecule has 0 unspecified atom stereocenters. The van der Waals surface area contributed by atoms with Crippen LogP contribution in [0.25, 0.3) is 0 Å². The fourth-order valence-electron chi connectivity index (χ4n) is 2.04. The van der Waals surface area contributed by atoms with Crippen molar-refractivity contribution in [1.29, 1.82) is 0 Å². The maximum Gasteiger partial charge on any atom is 0.173 e. The molecular formula is C18H16N2O2. The first-order chi connectivity index (χ1) is 10.7. The molecule has 0 bridgehead atoms. The molecule has 0 aromatic heterocycles. The molecule has 0 spiro atoms. The number of ether oxygens (including phenoxy) is 2. The summed E-state index contributed by atoms with van der Waals surface area (Å²) in [5.41, 5.74) is 12.8. The Morgan fingerprint density at radius 1 is 0.545 bits per heavy atom. The minimum Gasteiger partial charge on any atom is -0.457 e. The van der Waals surface area contributed by atoms with Gasteiger partial charge in [0.2, 0.25) is 0 Å². The maximum atomic E-state index is 5.89.